The molecule has 2 rings (SSSR count). The van der Waals surface area contributed by atoms with Crippen LogP contribution in [0.3, 0.4) is 0 Å². The lowest BCUT2D eigenvalue weighted by atomic mass is 9.98. The molecule has 1 aliphatic heterocycles. The van der Waals surface area contributed by atoms with Gasteiger partial charge in [0.15, 0.2) is 12.2 Å². The molecule has 12 nitrogen and oxygen atoms in total. The van der Waals surface area contributed by atoms with Gasteiger partial charge in [0, 0.05) is 27.7 Å². The van der Waals surface area contributed by atoms with Gasteiger partial charge in [0.25, 0.3) is 0 Å². The van der Waals surface area contributed by atoms with Gasteiger partial charge in [-0.15, -0.1) is 0 Å². The molecule has 1 aromatic rings. The second-order valence-electron chi connectivity index (χ2n) is 7.20. The summed E-state index contributed by atoms with van der Waals surface area (Å²) in [6, 6.07) is 5.76. The number of ether oxygens (including phenoxy) is 7. The van der Waals surface area contributed by atoms with Gasteiger partial charge in [-0.25, -0.2) is 4.79 Å². The summed E-state index contributed by atoms with van der Waals surface area (Å²) in [5.41, 5.74) is 0.261. The van der Waals surface area contributed by atoms with Gasteiger partial charge in [-0.3, -0.25) is 19.2 Å². The van der Waals surface area contributed by atoms with Gasteiger partial charge in [-0.05, 0) is 24.3 Å². The summed E-state index contributed by atoms with van der Waals surface area (Å²) in [7, 11) is 1.24. The number of esters is 5. The normalized spacial score (nSPS) is 23.7. The van der Waals surface area contributed by atoms with Crippen LogP contribution in [0.4, 0.5) is 0 Å². The summed E-state index contributed by atoms with van der Waals surface area (Å²) in [4.78, 5) is 58.4. The van der Waals surface area contributed by atoms with Crippen molar-refractivity contribution in [1.82, 2.24) is 0 Å². The first-order chi connectivity index (χ1) is 16.0. The molecule has 186 valence electrons. The van der Waals surface area contributed by atoms with Gasteiger partial charge in [0.05, 0.1) is 12.7 Å². The van der Waals surface area contributed by atoms with Crippen molar-refractivity contribution in [3.8, 4) is 5.75 Å². The lowest BCUT2D eigenvalue weighted by molar-refractivity contribution is -0.288. The van der Waals surface area contributed by atoms with Crippen molar-refractivity contribution in [3.05, 3.63) is 29.8 Å². The van der Waals surface area contributed by atoms with Crippen LogP contribution in [0.15, 0.2) is 24.3 Å². The Morgan fingerprint density at radius 3 is 1.79 bits per heavy atom. The lowest BCUT2D eigenvalue weighted by Crippen LogP contribution is -2.63. The van der Waals surface area contributed by atoms with Crippen LogP contribution in [-0.4, -0.2) is 74.3 Å². The SMILES string of the molecule is COC(=O)c1ccc(O[C@@H]2O[C@H](COC(C)=O)[C@H](OC(C)=O)[C@H](OC(C)=O)[C@H]2OC(C)=O)cc1. The van der Waals surface area contributed by atoms with E-state index in [2.05, 4.69) is 4.74 Å². The minimum Gasteiger partial charge on any atom is -0.465 e. The fraction of sp³-hybridized carbons (Fsp3) is 0.500. The van der Waals surface area contributed by atoms with Gasteiger partial charge < -0.3 is 33.2 Å². The Hall–Kier alpha value is -3.67. The molecule has 1 aliphatic rings. The first-order valence-corrected chi connectivity index (χ1v) is 10.2. The van der Waals surface area contributed by atoms with Crippen molar-refractivity contribution in [1.29, 1.82) is 0 Å². The van der Waals surface area contributed by atoms with Crippen LogP contribution >= 0.6 is 0 Å². The molecule has 12 heteroatoms. The maximum Gasteiger partial charge on any atom is 0.337 e. The molecule has 0 aromatic heterocycles. The van der Waals surface area contributed by atoms with Crippen LogP contribution in [0.2, 0.25) is 0 Å². The number of carbonyl (C=O) groups excluding carboxylic acids is 5. The van der Waals surface area contributed by atoms with Gasteiger partial charge >= 0.3 is 29.8 Å². The first-order valence-electron chi connectivity index (χ1n) is 10.2. The molecule has 0 aliphatic carbocycles. The van der Waals surface area contributed by atoms with Crippen molar-refractivity contribution in [2.24, 2.45) is 0 Å². The maximum atomic E-state index is 11.8. The Bertz CT molecular complexity index is 909. The van der Waals surface area contributed by atoms with Crippen LogP contribution in [0.25, 0.3) is 0 Å². The van der Waals surface area contributed by atoms with Crippen LogP contribution < -0.4 is 4.74 Å². The molecule has 0 radical (unpaired) electrons. The van der Waals surface area contributed by atoms with Crippen molar-refractivity contribution in [2.45, 2.75) is 58.4 Å². The topological polar surface area (TPSA) is 150 Å². The summed E-state index contributed by atoms with van der Waals surface area (Å²) in [5, 5.41) is 0. The molecule has 0 amide bonds. The van der Waals surface area contributed by atoms with Crippen molar-refractivity contribution in [2.75, 3.05) is 13.7 Å². The zero-order valence-electron chi connectivity index (χ0n) is 19.3. The molecule has 0 unspecified atom stereocenters. The number of hydrogen-bond donors (Lipinski definition) is 0. The third-order valence-corrected chi connectivity index (χ3v) is 4.48. The molecule has 1 aromatic carbocycles. The molecule has 1 saturated heterocycles. The largest absolute Gasteiger partial charge is 0.465 e. The Morgan fingerprint density at radius 1 is 0.765 bits per heavy atom. The standard InChI is InChI=1S/C22H26O12/c1-11(23)29-10-17-18(30-12(2)24)19(31-13(3)25)20(32-14(4)26)22(34-17)33-16-8-6-15(7-9-16)21(27)28-5/h6-9,17-20,22H,10H2,1-5H3/t17-,18+,19+,20-,22-/m1/s1. The third kappa shape index (κ3) is 7.44. The lowest BCUT2D eigenvalue weighted by Gasteiger charge is -2.43. The summed E-state index contributed by atoms with van der Waals surface area (Å²) >= 11 is 0. The number of benzene rings is 1. The molecule has 0 spiro atoms. The van der Waals surface area contributed by atoms with E-state index < -0.39 is 60.6 Å². The zero-order chi connectivity index (χ0) is 25.4. The molecular formula is C22H26O12. The van der Waals surface area contributed by atoms with E-state index in [-0.39, 0.29) is 17.9 Å². The van der Waals surface area contributed by atoms with Crippen molar-refractivity contribution >= 4 is 29.8 Å². The van der Waals surface area contributed by atoms with E-state index in [1.165, 1.54) is 38.3 Å². The van der Waals surface area contributed by atoms with Gasteiger partial charge in [-0.2, -0.15) is 0 Å². The van der Waals surface area contributed by atoms with Gasteiger partial charge in [0.1, 0.15) is 18.5 Å². The molecule has 0 N–H and O–H groups in total. The zero-order valence-corrected chi connectivity index (χ0v) is 19.3. The number of carbonyl (C=O) groups is 5. The van der Waals surface area contributed by atoms with Crippen LogP contribution in [0.5, 0.6) is 5.75 Å². The van der Waals surface area contributed by atoms with Crippen LogP contribution in [0.1, 0.15) is 38.1 Å². The number of rotatable bonds is 8. The predicted molar refractivity (Wildman–Crippen MR) is 110 cm³/mol. The number of methoxy groups -OCH3 is 1. The predicted octanol–water partition coefficient (Wildman–Crippen LogP) is 0.935. The molecule has 1 heterocycles. The van der Waals surface area contributed by atoms with E-state index in [0.717, 1.165) is 20.8 Å². The highest BCUT2D eigenvalue weighted by Crippen LogP contribution is 2.31. The van der Waals surface area contributed by atoms with Crippen molar-refractivity contribution in [3.63, 3.8) is 0 Å². The molecule has 34 heavy (non-hydrogen) atoms. The Labute approximate surface area is 195 Å². The average Bonchev–Trinajstić information content (AvgIpc) is 2.75. The van der Waals surface area contributed by atoms with E-state index in [4.69, 9.17) is 28.4 Å². The van der Waals surface area contributed by atoms with E-state index in [0.29, 0.717) is 0 Å². The summed E-state index contributed by atoms with van der Waals surface area (Å²) < 4.78 is 37.2. The highest BCUT2D eigenvalue weighted by molar-refractivity contribution is 5.89. The van der Waals surface area contributed by atoms with Crippen LogP contribution in [-0.2, 0) is 47.6 Å². The second-order valence-corrected chi connectivity index (χ2v) is 7.20. The fourth-order valence-electron chi connectivity index (χ4n) is 3.21. The second kappa shape index (κ2) is 12.0. The molecule has 5 atom stereocenters. The summed E-state index contributed by atoms with van der Waals surface area (Å²) in [6.07, 6.45) is -6.50. The Morgan fingerprint density at radius 2 is 1.29 bits per heavy atom. The Kier molecular flexibility index (Phi) is 9.36. The minimum absolute atomic E-state index is 0.202. The minimum atomic E-state index is -1.37. The van der Waals surface area contributed by atoms with Crippen LogP contribution in [0, 0.1) is 0 Å². The highest BCUT2D eigenvalue weighted by atomic mass is 16.7. The molecule has 1 fully saturated rings. The molecule has 0 bridgehead atoms. The highest BCUT2D eigenvalue weighted by Gasteiger charge is 2.53. The van der Waals surface area contributed by atoms with Gasteiger partial charge in [-0.1, -0.05) is 0 Å². The van der Waals surface area contributed by atoms with Crippen molar-refractivity contribution < 1.29 is 57.1 Å². The quantitative estimate of drug-likeness (QED) is 0.383. The average molecular weight is 482 g/mol. The maximum absolute atomic E-state index is 11.8. The summed E-state index contributed by atoms with van der Waals surface area (Å²) in [6.45, 7) is 4.16. The fourth-order valence-corrected chi connectivity index (χ4v) is 3.21. The molecular weight excluding hydrogens is 456 g/mol. The summed E-state index contributed by atoms with van der Waals surface area (Å²) in [5.74, 6) is -3.23. The first kappa shape index (κ1) is 26.6. The van der Waals surface area contributed by atoms with E-state index in [1.807, 2.05) is 0 Å². The smallest absolute Gasteiger partial charge is 0.337 e. The molecule has 0 saturated carbocycles. The van der Waals surface area contributed by atoms with E-state index >= 15 is 0 Å². The monoisotopic (exact) mass is 482 g/mol. The Balaban J connectivity index is 2.42. The number of hydrogen-bond acceptors (Lipinski definition) is 12. The van der Waals surface area contributed by atoms with E-state index in [9.17, 15) is 24.0 Å². The van der Waals surface area contributed by atoms with Gasteiger partial charge in [0.2, 0.25) is 12.4 Å². The third-order valence-electron chi connectivity index (χ3n) is 4.48. The van der Waals surface area contributed by atoms with E-state index in [1.54, 1.807) is 0 Å².